The van der Waals surface area contributed by atoms with Gasteiger partial charge >= 0.3 is 0 Å². The normalized spacial score (nSPS) is 18.0. The van der Waals surface area contributed by atoms with Gasteiger partial charge in [-0.15, -0.1) is 0 Å². The second-order valence-electron chi connectivity index (χ2n) is 6.17. The fourth-order valence-electron chi connectivity index (χ4n) is 3.00. The maximum atomic E-state index is 12.4. The predicted octanol–water partition coefficient (Wildman–Crippen LogP) is 3.17. The molecule has 0 unspecified atom stereocenters. The number of halogens is 1. The number of carbonyl (C=O) groups is 1. The summed E-state index contributed by atoms with van der Waals surface area (Å²) in [7, 11) is 0. The lowest BCUT2D eigenvalue weighted by atomic mass is 10.1. The zero-order valence-corrected chi connectivity index (χ0v) is 15.6. The Morgan fingerprint density at radius 3 is 2.88 bits per heavy atom. The van der Waals surface area contributed by atoms with E-state index in [0.29, 0.717) is 18.7 Å². The van der Waals surface area contributed by atoms with Crippen molar-refractivity contribution >= 4 is 21.8 Å². The first kappa shape index (κ1) is 17.2. The van der Waals surface area contributed by atoms with Gasteiger partial charge in [-0.25, -0.2) is 4.98 Å². The van der Waals surface area contributed by atoms with Crippen molar-refractivity contribution in [1.29, 1.82) is 0 Å². The van der Waals surface area contributed by atoms with E-state index in [1.807, 2.05) is 36.1 Å². The second-order valence-corrected chi connectivity index (χ2v) is 7.08. The monoisotopic (exact) mass is 391 g/mol. The Kier molecular flexibility index (Phi) is 5.36. The lowest BCUT2D eigenvalue weighted by molar-refractivity contribution is -0.134. The SMILES string of the molecule is Cc1nc(CCC(=O)N2CCNC[C@@H]2C)oc1-c1ccc(Br)cc1. The van der Waals surface area contributed by atoms with Crippen LogP contribution in [-0.4, -0.2) is 41.5 Å². The lowest BCUT2D eigenvalue weighted by Gasteiger charge is -2.34. The average Bonchev–Trinajstić information content (AvgIpc) is 2.95. The van der Waals surface area contributed by atoms with E-state index >= 15 is 0 Å². The van der Waals surface area contributed by atoms with Crippen LogP contribution in [0.1, 0.15) is 24.9 Å². The number of rotatable bonds is 4. The summed E-state index contributed by atoms with van der Waals surface area (Å²) in [6.45, 7) is 6.50. The molecule has 1 aromatic carbocycles. The number of carbonyl (C=O) groups excluding carboxylic acids is 1. The summed E-state index contributed by atoms with van der Waals surface area (Å²) in [5, 5.41) is 3.30. The number of piperazine rings is 1. The zero-order chi connectivity index (χ0) is 17.1. The van der Waals surface area contributed by atoms with Gasteiger partial charge in [0.1, 0.15) is 0 Å². The number of nitrogens with one attached hydrogen (secondary N) is 1. The zero-order valence-electron chi connectivity index (χ0n) is 14.0. The van der Waals surface area contributed by atoms with Crippen LogP contribution in [0.15, 0.2) is 33.2 Å². The van der Waals surface area contributed by atoms with E-state index in [9.17, 15) is 4.79 Å². The summed E-state index contributed by atoms with van der Waals surface area (Å²) in [5.74, 6) is 1.58. The first-order valence-corrected chi connectivity index (χ1v) is 9.06. The number of benzene rings is 1. The van der Waals surface area contributed by atoms with E-state index in [0.717, 1.165) is 41.1 Å². The smallest absolute Gasteiger partial charge is 0.223 e. The molecule has 1 aromatic heterocycles. The third-order valence-corrected chi connectivity index (χ3v) is 4.85. The highest BCUT2D eigenvalue weighted by Gasteiger charge is 2.23. The van der Waals surface area contributed by atoms with Crippen molar-refractivity contribution in [3.63, 3.8) is 0 Å². The molecule has 128 valence electrons. The molecule has 1 aliphatic heterocycles. The summed E-state index contributed by atoms with van der Waals surface area (Å²) in [4.78, 5) is 18.8. The molecule has 24 heavy (non-hydrogen) atoms. The van der Waals surface area contributed by atoms with Gasteiger partial charge in [-0.05, 0) is 26.0 Å². The van der Waals surface area contributed by atoms with Gasteiger partial charge < -0.3 is 14.6 Å². The molecule has 0 saturated carbocycles. The van der Waals surface area contributed by atoms with Crippen LogP contribution in [0.3, 0.4) is 0 Å². The quantitative estimate of drug-likeness (QED) is 0.869. The largest absolute Gasteiger partial charge is 0.440 e. The van der Waals surface area contributed by atoms with Crippen LogP contribution in [0.4, 0.5) is 0 Å². The number of oxazole rings is 1. The topological polar surface area (TPSA) is 58.4 Å². The molecule has 2 aromatic rings. The molecule has 0 bridgehead atoms. The Bertz CT molecular complexity index is 712. The Hall–Kier alpha value is -1.66. The van der Waals surface area contributed by atoms with Crippen molar-refractivity contribution in [3.8, 4) is 11.3 Å². The lowest BCUT2D eigenvalue weighted by Crippen LogP contribution is -2.52. The average molecular weight is 392 g/mol. The minimum atomic E-state index is 0.171. The second kappa shape index (κ2) is 7.49. The molecule has 1 fully saturated rings. The van der Waals surface area contributed by atoms with Gasteiger partial charge in [-0.2, -0.15) is 0 Å². The molecule has 1 saturated heterocycles. The maximum absolute atomic E-state index is 12.4. The molecule has 1 amide bonds. The third kappa shape index (κ3) is 3.87. The molecule has 0 spiro atoms. The summed E-state index contributed by atoms with van der Waals surface area (Å²) < 4.78 is 6.92. The highest BCUT2D eigenvalue weighted by atomic mass is 79.9. The van der Waals surface area contributed by atoms with Gasteiger partial charge in [0.15, 0.2) is 11.7 Å². The Labute approximate surface area is 150 Å². The maximum Gasteiger partial charge on any atom is 0.223 e. The van der Waals surface area contributed by atoms with Gasteiger partial charge in [0.05, 0.1) is 5.69 Å². The number of nitrogens with zero attached hydrogens (tertiary/aromatic N) is 2. The van der Waals surface area contributed by atoms with Crippen molar-refractivity contribution in [2.45, 2.75) is 32.7 Å². The van der Waals surface area contributed by atoms with E-state index in [2.05, 4.69) is 33.2 Å². The van der Waals surface area contributed by atoms with Crippen molar-refractivity contribution in [3.05, 3.63) is 40.3 Å². The van der Waals surface area contributed by atoms with Gasteiger partial charge in [0.25, 0.3) is 0 Å². The molecule has 6 heteroatoms. The molecule has 2 heterocycles. The van der Waals surface area contributed by atoms with Crippen LogP contribution >= 0.6 is 15.9 Å². The van der Waals surface area contributed by atoms with E-state index in [1.54, 1.807) is 0 Å². The molecule has 0 radical (unpaired) electrons. The summed E-state index contributed by atoms with van der Waals surface area (Å²) in [6, 6.07) is 8.19. The van der Waals surface area contributed by atoms with Gasteiger partial charge in [0, 0.05) is 48.6 Å². The van der Waals surface area contributed by atoms with Gasteiger partial charge in [0.2, 0.25) is 5.91 Å². The van der Waals surface area contributed by atoms with Crippen molar-refractivity contribution in [1.82, 2.24) is 15.2 Å². The molecule has 1 aliphatic rings. The number of aromatic nitrogens is 1. The Balaban J connectivity index is 1.65. The highest BCUT2D eigenvalue weighted by molar-refractivity contribution is 9.10. The van der Waals surface area contributed by atoms with Gasteiger partial charge in [-0.3, -0.25) is 4.79 Å². The summed E-state index contributed by atoms with van der Waals surface area (Å²) in [5.41, 5.74) is 1.85. The van der Waals surface area contributed by atoms with Crippen LogP contribution in [0, 0.1) is 6.92 Å². The first-order valence-electron chi connectivity index (χ1n) is 8.27. The fourth-order valence-corrected chi connectivity index (χ4v) is 3.26. The van der Waals surface area contributed by atoms with Crippen LogP contribution in [-0.2, 0) is 11.2 Å². The number of amides is 1. The van der Waals surface area contributed by atoms with E-state index in [4.69, 9.17) is 4.42 Å². The molecule has 3 rings (SSSR count). The minimum Gasteiger partial charge on any atom is -0.440 e. The van der Waals surface area contributed by atoms with Crippen molar-refractivity contribution in [2.24, 2.45) is 0 Å². The van der Waals surface area contributed by atoms with Crippen molar-refractivity contribution in [2.75, 3.05) is 19.6 Å². The fraction of sp³-hybridized carbons (Fsp3) is 0.444. The predicted molar refractivity (Wildman–Crippen MR) is 96.7 cm³/mol. The molecule has 0 aliphatic carbocycles. The third-order valence-electron chi connectivity index (χ3n) is 4.32. The number of hydrogen-bond acceptors (Lipinski definition) is 4. The van der Waals surface area contributed by atoms with Crippen LogP contribution in [0.5, 0.6) is 0 Å². The molecule has 5 nitrogen and oxygen atoms in total. The Morgan fingerprint density at radius 1 is 1.42 bits per heavy atom. The van der Waals surface area contributed by atoms with E-state index in [1.165, 1.54) is 0 Å². The summed E-state index contributed by atoms with van der Waals surface area (Å²) in [6.07, 6.45) is 0.969. The number of aryl methyl sites for hydroxylation is 2. The van der Waals surface area contributed by atoms with Gasteiger partial charge in [-0.1, -0.05) is 28.1 Å². The van der Waals surface area contributed by atoms with E-state index < -0.39 is 0 Å². The standard InChI is InChI=1S/C18H22BrN3O2/c1-12-11-20-9-10-22(12)17(23)8-7-16-21-13(2)18(24-16)14-3-5-15(19)6-4-14/h3-6,12,20H,7-11H2,1-2H3/t12-/m0/s1. The molecular weight excluding hydrogens is 370 g/mol. The number of hydrogen-bond donors (Lipinski definition) is 1. The van der Waals surface area contributed by atoms with Crippen LogP contribution < -0.4 is 5.32 Å². The minimum absolute atomic E-state index is 0.171. The summed E-state index contributed by atoms with van der Waals surface area (Å²) >= 11 is 3.43. The van der Waals surface area contributed by atoms with Crippen LogP contribution in [0.2, 0.25) is 0 Å². The van der Waals surface area contributed by atoms with E-state index in [-0.39, 0.29) is 11.9 Å². The molecule has 1 atom stereocenters. The first-order chi connectivity index (χ1) is 11.5. The Morgan fingerprint density at radius 2 is 2.17 bits per heavy atom. The van der Waals surface area contributed by atoms with Crippen LogP contribution in [0.25, 0.3) is 11.3 Å². The van der Waals surface area contributed by atoms with Crippen molar-refractivity contribution < 1.29 is 9.21 Å². The molecule has 1 N–H and O–H groups in total. The highest BCUT2D eigenvalue weighted by Crippen LogP contribution is 2.26. The molecular formula is C18H22BrN3O2.